The van der Waals surface area contributed by atoms with Crippen LogP contribution in [0.15, 0.2) is 30.3 Å². The second-order valence-electron chi connectivity index (χ2n) is 9.30. The molecule has 0 bridgehead atoms. The molecule has 1 unspecified atom stereocenters. The molecule has 0 spiro atoms. The van der Waals surface area contributed by atoms with E-state index in [4.69, 9.17) is 11.6 Å². The Balaban J connectivity index is 1.43. The van der Waals surface area contributed by atoms with Crippen molar-refractivity contribution < 1.29 is 26.3 Å². The van der Waals surface area contributed by atoms with Gasteiger partial charge in [0.2, 0.25) is 0 Å². The first-order valence-electron chi connectivity index (χ1n) is 11.8. The molecular weight excluding hydrogens is 522 g/mol. The van der Waals surface area contributed by atoms with Gasteiger partial charge in [0.1, 0.15) is 23.4 Å². The standard InChI is InChI=1S/C24H23ClF6N6/c1-13(24(29,30)31)36-11-15-10-16(25)2-4-18(15)37-20(12-36)33-34-23(37)14-6-8-35(9-7-14)19-5-3-17(26)21(32-19)22(27)28/h2-5,10,13-14,22H,6-9,11-12H2,1H3. The van der Waals surface area contributed by atoms with Gasteiger partial charge in [-0.05, 0) is 55.7 Å². The molecule has 4 heterocycles. The lowest BCUT2D eigenvalue weighted by Crippen LogP contribution is -2.42. The highest BCUT2D eigenvalue weighted by Gasteiger charge is 2.42. The van der Waals surface area contributed by atoms with E-state index in [9.17, 15) is 26.3 Å². The summed E-state index contributed by atoms with van der Waals surface area (Å²) in [6.45, 7) is 2.03. The molecule has 1 aromatic carbocycles. The smallest absolute Gasteiger partial charge is 0.357 e. The van der Waals surface area contributed by atoms with Crippen molar-refractivity contribution in [2.75, 3.05) is 18.0 Å². The lowest BCUT2D eigenvalue weighted by atomic mass is 9.95. The third-order valence-corrected chi connectivity index (χ3v) is 7.26. The Kier molecular flexibility index (Phi) is 6.82. The summed E-state index contributed by atoms with van der Waals surface area (Å²) >= 11 is 6.19. The fourth-order valence-electron chi connectivity index (χ4n) is 4.94. The van der Waals surface area contributed by atoms with Gasteiger partial charge < -0.3 is 4.90 Å². The van der Waals surface area contributed by atoms with Gasteiger partial charge in [-0.25, -0.2) is 18.2 Å². The van der Waals surface area contributed by atoms with Gasteiger partial charge >= 0.3 is 6.18 Å². The minimum Gasteiger partial charge on any atom is -0.357 e. The maximum absolute atomic E-state index is 13.7. The van der Waals surface area contributed by atoms with Crippen molar-refractivity contribution in [3.63, 3.8) is 0 Å². The highest BCUT2D eigenvalue weighted by Crippen LogP contribution is 2.36. The predicted octanol–water partition coefficient (Wildman–Crippen LogP) is 6.04. The zero-order valence-electron chi connectivity index (χ0n) is 19.7. The van der Waals surface area contributed by atoms with Crippen LogP contribution in [0.1, 0.15) is 55.0 Å². The average molecular weight is 545 g/mol. The van der Waals surface area contributed by atoms with Gasteiger partial charge in [-0.3, -0.25) is 9.47 Å². The lowest BCUT2D eigenvalue weighted by molar-refractivity contribution is -0.182. The van der Waals surface area contributed by atoms with Crippen LogP contribution in [-0.4, -0.2) is 50.0 Å². The molecular formula is C24H23ClF6N6. The van der Waals surface area contributed by atoms with E-state index in [0.717, 1.165) is 13.0 Å². The van der Waals surface area contributed by atoms with Crippen LogP contribution in [0.25, 0.3) is 5.69 Å². The number of benzene rings is 1. The Morgan fingerprint density at radius 1 is 1.03 bits per heavy atom. The summed E-state index contributed by atoms with van der Waals surface area (Å²) in [5.74, 6) is 0.165. The second kappa shape index (κ2) is 9.79. The van der Waals surface area contributed by atoms with Crippen LogP contribution in [0.2, 0.25) is 5.02 Å². The van der Waals surface area contributed by atoms with Crippen LogP contribution in [0.4, 0.5) is 32.2 Å². The van der Waals surface area contributed by atoms with Crippen molar-refractivity contribution in [2.45, 2.75) is 57.4 Å². The van der Waals surface area contributed by atoms with E-state index >= 15 is 0 Å². The summed E-state index contributed by atoms with van der Waals surface area (Å²) in [6, 6.07) is 5.77. The number of hydrogen-bond acceptors (Lipinski definition) is 5. The Labute approximate surface area is 213 Å². The summed E-state index contributed by atoms with van der Waals surface area (Å²) in [6.07, 6.45) is -6.28. The normalized spacial score (nSPS) is 18.0. The third-order valence-electron chi connectivity index (χ3n) is 7.03. The topological polar surface area (TPSA) is 50.1 Å². The number of aromatic nitrogens is 4. The van der Waals surface area contributed by atoms with Crippen molar-refractivity contribution in [3.8, 4) is 5.69 Å². The number of nitrogens with zero attached hydrogens (tertiary/aromatic N) is 6. The average Bonchev–Trinajstić information content (AvgIpc) is 3.19. The number of anilines is 1. The maximum Gasteiger partial charge on any atom is 0.403 e. The fourth-order valence-corrected chi connectivity index (χ4v) is 5.13. The molecule has 3 aromatic rings. The fraction of sp³-hybridized carbons (Fsp3) is 0.458. The first-order chi connectivity index (χ1) is 17.5. The molecule has 0 saturated carbocycles. The van der Waals surface area contributed by atoms with E-state index in [1.807, 2.05) is 9.47 Å². The Morgan fingerprint density at radius 3 is 2.43 bits per heavy atom. The van der Waals surface area contributed by atoms with Gasteiger partial charge in [0.05, 0.1) is 12.2 Å². The summed E-state index contributed by atoms with van der Waals surface area (Å²) in [7, 11) is 0. The number of pyridine rings is 1. The lowest BCUT2D eigenvalue weighted by Gasteiger charge is -2.32. The molecule has 0 amide bonds. The number of fused-ring (bicyclic) bond motifs is 3. The molecule has 2 aromatic heterocycles. The van der Waals surface area contributed by atoms with Crippen LogP contribution >= 0.6 is 11.6 Å². The van der Waals surface area contributed by atoms with Crippen LogP contribution in [-0.2, 0) is 13.1 Å². The summed E-state index contributed by atoms with van der Waals surface area (Å²) in [4.78, 5) is 6.92. The molecule has 1 fully saturated rings. The van der Waals surface area contributed by atoms with Gasteiger partial charge in [-0.15, -0.1) is 10.2 Å². The Bertz CT molecular complexity index is 1290. The first kappa shape index (κ1) is 25.8. The van der Waals surface area contributed by atoms with E-state index in [1.54, 1.807) is 18.2 Å². The zero-order valence-corrected chi connectivity index (χ0v) is 20.4. The van der Waals surface area contributed by atoms with E-state index in [2.05, 4.69) is 15.2 Å². The van der Waals surface area contributed by atoms with E-state index < -0.39 is 30.2 Å². The van der Waals surface area contributed by atoms with Gasteiger partial charge in [0.15, 0.2) is 11.6 Å². The third kappa shape index (κ3) is 5.00. The van der Waals surface area contributed by atoms with E-state index in [-0.39, 0.29) is 24.8 Å². The minimum absolute atomic E-state index is 0.0422. The quantitative estimate of drug-likeness (QED) is 0.375. The number of hydrogen-bond donors (Lipinski definition) is 0. The van der Waals surface area contributed by atoms with Crippen LogP contribution in [0, 0.1) is 5.82 Å². The Morgan fingerprint density at radius 2 is 1.76 bits per heavy atom. The van der Waals surface area contributed by atoms with E-state index in [0.29, 0.717) is 53.9 Å². The molecule has 0 radical (unpaired) electrons. The zero-order chi connectivity index (χ0) is 26.5. The molecule has 0 N–H and O–H groups in total. The minimum atomic E-state index is -4.41. The second-order valence-corrected chi connectivity index (χ2v) is 9.74. The maximum atomic E-state index is 13.7. The SMILES string of the molecule is CC(N1Cc2cc(Cl)ccc2-n2c(nnc2C2CCN(c3ccc(F)c(C(F)F)n3)CC2)C1)C(F)(F)F. The predicted molar refractivity (Wildman–Crippen MR) is 124 cm³/mol. The first-order valence-corrected chi connectivity index (χ1v) is 12.1. The van der Waals surface area contributed by atoms with Crippen molar-refractivity contribution in [2.24, 2.45) is 0 Å². The van der Waals surface area contributed by atoms with Crippen molar-refractivity contribution in [1.82, 2.24) is 24.6 Å². The van der Waals surface area contributed by atoms with E-state index in [1.165, 1.54) is 11.0 Å². The summed E-state index contributed by atoms with van der Waals surface area (Å²) < 4.78 is 82.4. The van der Waals surface area contributed by atoms with Crippen molar-refractivity contribution >= 4 is 17.4 Å². The van der Waals surface area contributed by atoms with Crippen LogP contribution in [0.5, 0.6) is 0 Å². The number of piperidine rings is 1. The number of halogens is 7. The Hall–Kier alpha value is -2.86. The van der Waals surface area contributed by atoms with Crippen LogP contribution in [0.3, 0.4) is 0 Å². The van der Waals surface area contributed by atoms with Crippen LogP contribution < -0.4 is 4.90 Å². The molecule has 198 valence electrons. The molecule has 1 atom stereocenters. The number of rotatable bonds is 4. The highest BCUT2D eigenvalue weighted by molar-refractivity contribution is 6.30. The summed E-state index contributed by atoms with van der Waals surface area (Å²) in [5.41, 5.74) is 0.437. The van der Waals surface area contributed by atoms with Crippen molar-refractivity contribution in [1.29, 1.82) is 0 Å². The molecule has 0 aliphatic carbocycles. The van der Waals surface area contributed by atoms with Gasteiger partial charge in [-0.2, -0.15) is 13.2 Å². The molecule has 2 aliphatic heterocycles. The van der Waals surface area contributed by atoms with Crippen molar-refractivity contribution in [3.05, 3.63) is 64.1 Å². The van der Waals surface area contributed by atoms with Gasteiger partial charge in [-0.1, -0.05) is 11.6 Å². The number of alkyl halides is 5. The molecule has 37 heavy (non-hydrogen) atoms. The highest BCUT2D eigenvalue weighted by atomic mass is 35.5. The molecule has 2 aliphatic rings. The summed E-state index contributed by atoms with van der Waals surface area (Å²) in [5, 5.41) is 9.06. The van der Waals surface area contributed by atoms with Gasteiger partial charge in [0.25, 0.3) is 6.43 Å². The largest absolute Gasteiger partial charge is 0.403 e. The molecule has 1 saturated heterocycles. The molecule has 13 heteroatoms. The molecule has 5 rings (SSSR count). The molecule has 6 nitrogen and oxygen atoms in total. The monoisotopic (exact) mass is 544 g/mol. The van der Waals surface area contributed by atoms with Gasteiger partial charge in [0, 0.05) is 30.6 Å².